The van der Waals surface area contributed by atoms with E-state index in [2.05, 4.69) is 0 Å². The summed E-state index contributed by atoms with van der Waals surface area (Å²) in [5.74, 6) is 0.603. The second kappa shape index (κ2) is 3.77. The van der Waals surface area contributed by atoms with Gasteiger partial charge in [-0.2, -0.15) is 0 Å². The fourth-order valence-corrected chi connectivity index (χ4v) is 1.93. The minimum Gasteiger partial charge on any atom is -0.508 e. The Morgan fingerprint density at radius 1 is 1.33 bits per heavy atom. The highest BCUT2D eigenvalue weighted by Crippen LogP contribution is 2.34. The van der Waals surface area contributed by atoms with Crippen LogP contribution in [0.15, 0.2) is 42.3 Å². The van der Waals surface area contributed by atoms with Gasteiger partial charge in [0.1, 0.15) is 11.5 Å². The summed E-state index contributed by atoms with van der Waals surface area (Å²) < 4.78 is 7.36. The summed E-state index contributed by atoms with van der Waals surface area (Å²) in [7, 11) is 1.89. The van der Waals surface area contributed by atoms with Crippen molar-refractivity contribution in [2.24, 2.45) is 7.05 Å². The number of phenols is 1. The molecule has 4 heteroatoms. The summed E-state index contributed by atoms with van der Waals surface area (Å²) in [5, 5.41) is 9.35. The number of hydrogen-bond acceptors (Lipinski definition) is 3. The van der Waals surface area contributed by atoms with Crippen LogP contribution in [0, 0.1) is 0 Å². The molecule has 0 spiro atoms. The number of Topliss-reactive ketones (excluding diaryl/α,β-unsaturated/α-hetero) is 1. The van der Waals surface area contributed by atoms with Crippen LogP contribution in [0.2, 0.25) is 0 Å². The molecule has 1 aromatic carbocycles. The number of nitrogens with zero attached hydrogens (tertiary/aromatic N) is 1. The first kappa shape index (κ1) is 10.7. The molecule has 0 saturated heterocycles. The van der Waals surface area contributed by atoms with Crippen LogP contribution in [0.25, 0.3) is 6.08 Å². The number of benzene rings is 1. The number of ether oxygens (including phenoxy) is 1. The van der Waals surface area contributed by atoms with Crippen molar-refractivity contribution in [1.82, 2.24) is 4.57 Å². The maximum absolute atomic E-state index is 12.1. The fraction of sp³-hybridized carbons (Fsp3) is 0.0714. The van der Waals surface area contributed by atoms with Gasteiger partial charge in [0.2, 0.25) is 5.78 Å². The van der Waals surface area contributed by atoms with E-state index in [1.165, 1.54) is 12.1 Å². The lowest BCUT2D eigenvalue weighted by Gasteiger charge is -1.99. The Morgan fingerprint density at radius 2 is 2.17 bits per heavy atom. The lowest BCUT2D eigenvalue weighted by atomic mass is 10.1. The SMILES string of the molecule is Cn1cccc1C=C1Oc2cc(O)ccc2C1=O. The molecule has 2 heterocycles. The van der Waals surface area contributed by atoms with Crippen LogP contribution in [0.4, 0.5) is 0 Å². The molecule has 0 radical (unpaired) electrons. The average molecular weight is 241 g/mol. The first-order chi connectivity index (χ1) is 8.65. The van der Waals surface area contributed by atoms with Gasteiger partial charge in [0.25, 0.3) is 0 Å². The van der Waals surface area contributed by atoms with Gasteiger partial charge in [0, 0.05) is 31.1 Å². The van der Waals surface area contributed by atoms with E-state index in [0.717, 1.165) is 5.69 Å². The number of carbonyl (C=O) groups excluding carboxylic acids is 1. The Balaban J connectivity index is 2.02. The molecule has 90 valence electrons. The standard InChI is InChI=1S/C14H11NO3/c1-15-6-2-3-9(15)7-13-14(17)11-5-4-10(16)8-12(11)18-13/h2-8,16H,1H3. The molecular formula is C14H11NO3. The molecule has 1 aliphatic rings. The quantitative estimate of drug-likeness (QED) is 0.780. The second-order valence-corrected chi connectivity index (χ2v) is 4.16. The zero-order chi connectivity index (χ0) is 12.7. The predicted molar refractivity (Wildman–Crippen MR) is 66.5 cm³/mol. The van der Waals surface area contributed by atoms with Gasteiger partial charge in [-0.1, -0.05) is 0 Å². The Hall–Kier alpha value is -2.49. The van der Waals surface area contributed by atoms with Crippen molar-refractivity contribution in [3.63, 3.8) is 0 Å². The molecule has 0 atom stereocenters. The molecule has 4 nitrogen and oxygen atoms in total. The summed E-state index contributed by atoms with van der Waals surface area (Å²) >= 11 is 0. The molecule has 1 aliphatic heterocycles. The van der Waals surface area contributed by atoms with Crippen molar-refractivity contribution in [2.45, 2.75) is 0 Å². The third-order valence-electron chi connectivity index (χ3n) is 2.92. The molecule has 3 rings (SSSR count). The van der Waals surface area contributed by atoms with E-state index in [1.807, 2.05) is 29.9 Å². The Labute approximate surface area is 104 Å². The molecule has 0 unspecified atom stereocenters. The highest BCUT2D eigenvalue weighted by molar-refractivity contribution is 6.14. The van der Waals surface area contributed by atoms with Crippen molar-refractivity contribution >= 4 is 11.9 Å². The number of aryl methyl sites for hydroxylation is 1. The normalized spacial score (nSPS) is 15.8. The number of aromatic hydroxyl groups is 1. The van der Waals surface area contributed by atoms with Gasteiger partial charge < -0.3 is 14.4 Å². The molecular weight excluding hydrogens is 230 g/mol. The van der Waals surface area contributed by atoms with Crippen molar-refractivity contribution < 1.29 is 14.6 Å². The number of rotatable bonds is 1. The largest absolute Gasteiger partial charge is 0.508 e. The first-order valence-electron chi connectivity index (χ1n) is 5.54. The topological polar surface area (TPSA) is 51.5 Å². The minimum atomic E-state index is -0.161. The van der Waals surface area contributed by atoms with Crippen molar-refractivity contribution in [1.29, 1.82) is 0 Å². The van der Waals surface area contributed by atoms with Gasteiger partial charge >= 0.3 is 0 Å². The van der Waals surface area contributed by atoms with E-state index < -0.39 is 0 Å². The summed E-state index contributed by atoms with van der Waals surface area (Å²) in [6.45, 7) is 0. The zero-order valence-corrected chi connectivity index (χ0v) is 9.75. The number of fused-ring (bicyclic) bond motifs is 1. The van der Waals surface area contributed by atoms with Crippen LogP contribution in [-0.4, -0.2) is 15.5 Å². The predicted octanol–water partition coefficient (Wildman–Crippen LogP) is 2.35. The third kappa shape index (κ3) is 1.59. The molecule has 0 fully saturated rings. The minimum absolute atomic E-state index is 0.0849. The highest BCUT2D eigenvalue weighted by Gasteiger charge is 2.27. The molecule has 1 aromatic heterocycles. The van der Waals surface area contributed by atoms with E-state index in [-0.39, 0.29) is 17.3 Å². The number of carbonyl (C=O) groups is 1. The first-order valence-corrected chi connectivity index (χ1v) is 5.54. The van der Waals surface area contributed by atoms with E-state index in [1.54, 1.807) is 12.1 Å². The van der Waals surface area contributed by atoms with Crippen LogP contribution in [0.1, 0.15) is 16.1 Å². The van der Waals surface area contributed by atoms with Gasteiger partial charge in [-0.3, -0.25) is 4.79 Å². The fourth-order valence-electron chi connectivity index (χ4n) is 1.93. The zero-order valence-electron chi connectivity index (χ0n) is 9.75. The van der Waals surface area contributed by atoms with E-state index in [0.29, 0.717) is 11.3 Å². The number of ketones is 1. The lowest BCUT2D eigenvalue weighted by Crippen LogP contribution is -1.99. The summed E-state index contributed by atoms with van der Waals surface area (Å²) in [6, 6.07) is 8.28. The number of allylic oxidation sites excluding steroid dienone is 1. The van der Waals surface area contributed by atoms with Gasteiger partial charge in [0.15, 0.2) is 5.76 Å². The maximum atomic E-state index is 12.1. The van der Waals surface area contributed by atoms with Crippen LogP contribution < -0.4 is 4.74 Å². The van der Waals surface area contributed by atoms with Crippen molar-refractivity contribution in [3.05, 3.63) is 53.5 Å². The second-order valence-electron chi connectivity index (χ2n) is 4.16. The molecule has 0 bridgehead atoms. The molecule has 0 amide bonds. The average Bonchev–Trinajstić information content (AvgIpc) is 2.86. The molecule has 0 aliphatic carbocycles. The van der Waals surface area contributed by atoms with E-state index in [9.17, 15) is 9.90 Å². The number of hydrogen-bond donors (Lipinski definition) is 1. The summed E-state index contributed by atoms with van der Waals surface area (Å²) in [5.41, 5.74) is 1.36. The number of aromatic nitrogens is 1. The maximum Gasteiger partial charge on any atom is 0.232 e. The van der Waals surface area contributed by atoms with Crippen molar-refractivity contribution in [2.75, 3.05) is 0 Å². The highest BCUT2D eigenvalue weighted by atomic mass is 16.5. The number of phenolic OH excluding ortho intramolecular Hbond substituents is 1. The monoisotopic (exact) mass is 241 g/mol. The Bertz CT molecular complexity index is 667. The van der Waals surface area contributed by atoms with Gasteiger partial charge in [0.05, 0.1) is 5.56 Å². The van der Waals surface area contributed by atoms with Crippen LogP contribution in [0.5, 0.6) is 11.5 Å². The molecule has 0 saturated carbocycles. The lowest BCUT2D eigenvalue weighted by molar-refractivity contribution is 0.101. The summed E-state index contributed by atoms with van der Waals surface area (Å²) in [4.78, 5) is 12.1. The van der Waals surface area contributed by atoms with Crippen LogP contribution in [0.3, 0.4) is 0 Å². The van der Waals surface area contributed by atoms with Crippen molar-refractivity contribution in [3.8, 4) is 11.5 Å². The Morgan fingerprint density at radius 3 is 2.89 bits per heavy atom. The van der Waals surface area contributed by atoms with Gasteiger partial charge in [-0.15, -0.1) is 0 Å². The van der Waals surface area contributed by atoms with Crippen LogP contribution in [-0.2, 0) is 7.05 Å². The smallest absolute Gasteiger partial charge is 0.232 e. The third-order valence-corrected chi connectivity index (χ3v) is 2.92. The van der Waals surface area contributed by atoms with Crippen LogP contribution >= 0.6 is 0 Å². The molecule has 2 aromatic rings. The van der Waals surface area contributed by atoms with E-state index >= 15 is 0 Å². The van der Waals surface area contributed by atoms with Gasteiger partial charge in [-0.05, 0) is 24.3 Å². The van der Waals surface area contributed by atoms with Gasteiger partial charge in [-0.25, -0.2) is 0 Å². The molecule has 18 heavy (non-hydrogen) atoms. The summed E-state index contributed by atoms with van der Waals surface area (Å²) in [6.07, 6.45) is 3.59. The van der Waals surface area contributed by atoms with E-state index in [4.69, 9.17) is 4.74 Å². The Kier molecular flexibility index (Phi) is 2.23. The molecule has 1 N–H and O–H groups in total.